The van der Waals surface area contributed by atoms with Crippen molar-refractivity contribution < 1.29 is 0 Å². The molecule has 0 aliphatic rings. The van der Waals surface area contributed by atoms with E-state index in [4.69, 9.17) is 15.0 Å². The Morgan fingerprint density at radius 3 is 1.32 bits per heavy atom. The molecule has 0 atom stereocenters. The van der Waals surface area contributed by atoms with Gasteiger partial charge in [-0.1, -0.05) is 133 Å². The van der Waals surface area contributed by atoms with Crippen LogP contribution in [0, 0.1) is 11.8 Å². The molecule has 1 aromatic heterocycles. The second kappa shape index (κ2) is 10.7. The van der Waals surface area contributed by atoms with Gasteiger partial charge in [-0.25, -0.2) is 15.0 Å². The third-order valence-corrected chi connectivity index (χ3v) is 6.20. The molecule has 38 heavy (non-hydrogen) atoms. The van der Waals surface area contributed by atoms with Crippen LogP contribution in [-0.2, 0) is 0 Å². The van der Waals surface area contributed by atoms with Gasteiger partial charge in [-0.15, -0.1) is 0 Å². The number of hydrogen-bond acceptors (Lipinski definition) is 3. The van der Waals surface area contributed by atoms with Gasteiger partial charge in [0.15, 0.2) is 17.5 Å². The van der Waals surface area contributed by atoms with Crippen LogP contribution < -0.4 is 0 Å². The van der Waals surface area contributed by atoms with Gasteiger partial charge in [0.2, 0.25) is 0 Å². The molecule has 1 heterocycles. The molecule has 3 heteroatoms. The zero-order valence-electron chi connectivity index (χ0n) is 20.6. The van der Waals surface area contributed by atoms with Crippen LogP contribution in [0.5, 0.6) is 0 Å². The van der Waals surface area contributed by atoms with Crippen molar-refractivity contribution in [1.29, 1.82) is 0 Å². The standard InChI is InChI=1S/C35H23N3/c1-4-12-26(13-5-1)20-21-27-14-10-11-19-32(27)28-22-24-31(25-23-28)35-37-33(29-15-6-2-7-16-29)36-34(38-35)30-17-8-3-9-18-30/h1-19,22-25H. The maximum atomic E-state index is 4.84. The summed E-state index contributed by atoms with van der Waals surface area (Å²) in [7, 11) is 0. The first-order valence-corrected chi connectivity index (χ1v) is 12.5. The summed E-state index contributed by atoms with van der Waals surface area (Å²) >= 11 is 0. The minimum atomic E-state index is 0.640. The molecule has 0 bridgehead atoms. The highest BCUT2D eigenvalue weighted by atomic mass is 15.0. The molecule has 0 aliphatic heterocycles. The van der Waals surface area contributed by atoms with Gasteiger partial charge in [0.05, 0.1) is 0 Å². The van der Waals surface area contributed by atoms with Crippen molar-refractivity contribution in [2.45, 2.75) is 0 Å². The molecular weight excluding hydrogens is 462 g/mol. The predicted octanol–water partition coefficient (Wildman–Crippen LogP) is 7.94. The molecule has 0 spiro atoms. The van der Waals surface area contributed by atoms with E-state index >= 15 is 0 Å². The largest absolute Gasteiger partial charge is 0.208 e. The zero-order valence-corrected chi connectivity index (χ0v) is 20.6. The summed E-state index contributed by atoms with van der Waals surface area (Å²) in [6.45, 7) is 0. The average Bonchev–Trinajstić information content (AvgIpc) is 3.01. The fourth-order valence-electron chi connectivity index (χ4n) is 4.24. The van der Waals surface area contributed by atoms with Crippen LogP contribution in [0.1, 0.15) is 11.1 Å². The van der Waals surface area contributed by atoms with Gasteiger partial charge < -0.3 is 0 Å². The van der Waals surface area contributed by atoms with E-state index < -0.39 is 0 Å². The number of nitrogens with zero attached hydrogens (tertiary/aromatic N) is 3. The lowest BCUT2D eigenvalue weighted by Crippen LogP contribution is -2.00. The molecule has 0 aliphatic carbocycles. The number of benzene rings is 5. The van der Waals surface area contributed by atoms with E-state index in [9.17, 15) is 0 Å². The van der Waals surface area contributed by atoms with Gasteiger partial charge in [0.1, 0.15) is 0 Å². The fourth-order valence-corrected chi connectivity index (χ4v) is 4.24. The molecule has 0 saturated heterocycles. The minimum Gasteiger partial charge on any atom is -0.208 e. The van der Waals surface area contributed by atoms with Crippen molar-refractivity contribution in [3.8, 4) is 57.1 Å². The van der Waals surface area contributed by atoms with E-state index in [1.807, 2.05) is 103 Å². The summed E-state index contributed by atoms with van der Waals surface area (Å²) < 4.78 is 0. The summed E-state index contributed by atoms with van der Waals surface area (Å²) in [6, 6.07) is 46.6. The van der Waals surface area contributed by atoms with Gasteiger partial charge in [-0.2, -0.15) is 0 Å². The van der Waals surface area contributed by atoms with Gasteiger partial charge in [0.25, 0.3) is 0 Å². The lowest BCUT2D eigenvalue weighted by molar-refractivity contribution is 1.07. The van der Waals surface area contributed by atoms with Crippen LogP contribution >= 0.6 is 0 Å². The third-order valence-electron chi connectivity index (χ3n) is 6.20. The first-order chi connectivity index (χ1) is 18.8. The number of aromatic nitrogens is 3. The van der Waals surface area contributed by atoms with E-state index in [0.29, 0.717) is 17.5 Å². The molecule has 0 saturated carbocycles. The normalized spacial score (nSPS) is 10.4. The van der Waals surface area contributed by atoms with Crippen LogP contribution in [0.15, 0.2) is 140 Å². The Labute approximate surface area is 222 Å². The molecule has 5 aromatic carbocycles. The van der Waals surface area contributed by atoms with Crippen molar-refractivity contribution in [2.75, 3.05) is 0 Å². The van der Waals surface area contributed by atoms with Crippen LogP contribution in [0.4, 0.5) is 0 Å². The van der Waals surface area contributed by atoms with Gasteiger partial charge in [0, 0.05) is 27.8 Å². The smallest absolute Gasteiger partial charge is 0.164 e. The molecule has 0 radical (unpaired) electrons. The minimum absolute atomic E-state index is 0.640. The monoisotopic (exact) mass is 485 g/mol. The van der Waals surface area contributed by atoms with Crippen molar-refractivity contribution >= 4 is 0 Å². The van der Waals surface area contributed by atoms with Crippen LogP contribution in [0.3, 0.4) is 0 Å². The van der Waals surface area contributed by atoms with E-state index in [1.54, 1.807) is 0 Å². The predicted molar refractivity (Wildman–Crippen MR) is 154 cm³/mol. The Morgan fingerprint density at radius 1 is 0.342 bits per heavy atom. The molecule has 178 valence electrons. The van der Waals surface area contributed by atoms with E-state index in [-0.39, 0.29) is 0 Å². The van der Waals surface area contributed by atoms with Gasteiger partial charge in [-0.05, 0) is 29.3 Å². The molecule has 6 rings (SSSR count). The Bertz CT molecular complexity index is 1680. The van der Waals surface area contributed by atoms with Gasteiger partial charge >= 0.3 is 0 Å². The summed E-state index contributed by atoms with van der Waals surface area (Å²) in [4.78, 5) is 14.5. The number of hydrogen-bond donors (Lipinski definition) is 0. The summed E-state index contributed by atoms with van der Waals surface area (Å²) in [6.07, 6.45) is 0. The molecule has 6 aromatic rings. The molecule has 0 amide bonds. The Balaban J connectivity index is 1.38. The summed E-state index contributed by atoms with van der Waals surface area (Å²) in [5.74, 6) is 8.56. The second-order valence-electron chi connectivity index (χ2n) is 8.78. The van der Waals surface area contributed by atoms with Crippen LogP contribution in [0.2, 0.25) is 0 Å². The Hall–Kier alpha value is -5.33. The average molecular weight is 486 g/mol. The van der Waals surface area contributed by atoms with Crippen LogP contribution in [-0.4, -0.2) is 15.0 Å². The molecule has 0 fully saturated rings. The molecular formula is C35H23N3. The maximum Gasteiger partial charge on any atom is 0.164 e. The quantitative estimate of drug-likeness (QED) is 0.238. The highest BCUT2D eigenvalue weighted by Crippen LogP contribution is 2.28. The van der Waals surface area contributed by atoms with Gasteiger partial charge in [-0.3, -0.25) is 0 Å². The lowest BCUT2D eigenvalue weighted by Gasteiger charge is -2.09. The SMILES string of the molecule is C(#Cc1ccccc1-c1ccc(-c2nc(-c3ccccc3)nc(-c3ccccc3)n2)cc1)c1ccccc1. The third kappa shape index (κ3) is 5.11. The lowest BCUT2D eigenvalue weighted by atomic mass is 9.98. The molecule has 0 N–H and O–H groups in total. The maximum absolute atomic E-state index is 4.84. The molecule has 0 unspecified atom stereocenters. The van der Waals surface area contributed by atoms with Crippen molar-refractivity contribution in [3.05, 3.63) is 151 Å². The van der Waals surface area contributed by atoms with Crippen molar-refractivity contribution in [2.24, 2.45) is 0 Å². The number of rotatable bonds is 4. The zero-order chi connectivity index (χ0) is 25.6. The Kier molecular flexibility index (Phi) is 6.53. The first-order valence-electron chi connectivity index (χ1n) is 12.5. The van der Waals surface area contributed by atoms with E-state index in [2.05, 4.69) is 48.2 Å². The molecule has 3 nitrogen and oxygen atoms in total. The summed E-state index contributed by atoms with van der Waals surface area (Å²) in [5, 5.41) is 0. The van der Waals surface area contributed by atoms with E-state index in [1.165, 1.54) is 0 Å². The van der Waals surface area contributed by atoms with Crippen molar-refractivity contribution in [1.82, 2.24) is 15.0 Å². The fraction of sp³-hybridized carbons (Fsp3) is 0. The van der Waals surface area contributed by atoms with E-state index in [0.717, 1.165) is 38.9 Å². The van der Waals surface area contributed by atoms with Crippen LogP contribution in [0.25, 0.3) is 45.3 Å². The highest BCUT2D eigenvalue weighted by molar-refractivity contribution is 5.74. The van der Waals surface area contributed by atoms with Crippen molar-refractivity contribution in [3.63, 3.8) is 0 Å². The second-order valence-corrected chi connectivity index (χ2v) is 8.78. The Morgan fingerprint density at radius 2 is 0.763 bits per heavy atom. The summed E-state index contributed by atoms with van der Waals surface area (Å²) in [5.41, 5.74) is 7.00. The topological polar surface area (TPSA) is 38.7 Å². The first kappa shape index (κ1) is 23.1. The highest BCUT2D eigenvalue weighted by Gasteiger charge is 2.12.